The SMILES string of the molecule is CC.CCN(CC)CCOC.Cc1cn(C)cn1.Cn1ccnc1. The van der Waals surface area contributed by atoms with Gasteiger partial charge in [-0.15, -0.1) is 0 Å². The Morgan fingerprint density at radius 2 is 1.71 bits per heavy atom. The van der Waals surface area contributed by atoms with Crippen LogP contribution in [-0.4, -0.2) is 57.4 Å². The summed E-state index contributed by atoms with van der Waals surface area (Å²) in [5, 5.41) is 0. The number of likely N-dealkylation sites (N-methyl/N-ethyl adjacent to an activating group) is 1. The van der Waals surface area contributed by atoms with Gasteiger partial charge < -0.3 is 18.8 Å². The summed E-state index contributed by atoms with van der Waals surface area (Å²) in [6.45, 7) is 14.5. The molecule has 2 aromatic rings. The second kappa shape index (κ2) is 17.7. The summed E-state index contributed by atoms with van der Waals surface area (Å²) in [6.07, 6.45) is 9.15. The lowest BCUT2D eigenvalue weighted by molar-refractivity contribution is 0.154. The lowest BCUT2D eigenvalue weighted by Gasteiger charge is -2.16. The second-order valence-electron chi connectivity index (χ2n) is 4.93. The number of nitrogens with zero attached hydrogens (tertiary/aromatic N) is 5. The van der Waals surface area contributed by atoms with Gasteiger partial charge in [-0.3, -0.25) is 0 Å². The van der Waals surface area contributed by atoms with Crippen molar-refractivity contribution in [3.63, 3.8) is 0 Å². The maximum atomic E-state index is 4.93. The van der Waals surface area contributed by atoms with E-state index < -0.39 is 0 Å². The van der Waals surface area contributed by atoms with E-state index in [9.17, 15) is 0 Å². The zero-order chi connectivity index (χ0) is 18.8. The van der Waals surface area contributed by atoms with Crippen LogP contribution < -0.4 is 0 Å². The van der Waals surface area contributed by atoms with Crippen LogP contribution in [0, 0.1) is 6.92 Å². The second-order valence-corrected chi connectivity index (χ2v) is 4.93. The zero-order valence-electron chi connectivity index (χ0n) is 16.9. The van der Waals surface area contributed by atoms with Gasteiger partial charge in [0.05, 0.1) is 25.0 Å². The summed E-state index contributed by atoms with van der Waals surface area (Å²) in [5.74, 6) is 0. The number of ether oxygens (including phenoxy) is 1. The van der Waals surface area contributed by atoms with Gasteiger partial charge in [0.15, 0.2) is 0 Å². The number of imidazole rings is 2. The summed E-state index contributed by atoms with van der Waals surface area (Å²) < 4.78 is 8.75. The molecular weight excluding hydrogens is 302 g/mol. The molecule has 0 saturated carbocycles. The minimum Gasteiger partial charge on any atom is -0.383 e. The van der Waals surface area contributed by atoms with Crippen molar-refractivity contribution in [1.82, 2.24) is 24.0 Å². The van der Waals surface area contributed by atoms with Crippen LogP contribution in [0.25, 0.3) is 0 Å². The van der Waals surface area contributed by atoms with Crippen LogP contribution in [0.5, 0.6) is 0 Å². The van der Waals surface area contributed by atoms with Gasteiger partial charge in [0.1, 0.15) is 0 Å². The van der Waals surface area contributed by atoms with Crippen molar-refractivity contribution in [2.75, 3.05) is 33.4 Å². The lowest BCUT2D eigenvalue weighted by Crippen LogP contribution is -2.26. The van der Waals surface area contributed by atoms with Gasteiger partial charge in [-0.2, -0.15) is 0 Å². The Morgan fingerprint density at radius 1 is 1.08 bits per heavy atom. The van der Waals surface area contributed by atoms with Crippen molar-refractivity contribution in [2.45, 2.75) is 34.6 Å². The number of hydrogen-bond donors (Lipinski definition) is 0. The van der Waals surface area contributed by atoms with E-state index in [1.165, 1.54) is 0 Å². The molecule has 0 spiro atoms. The number of rotatable bonds is 5. The van der Waals surface area contributed by atoms with E-state index in [4.69, 9.17) is 4.74 Å². The summed E-state index contributed by atoms with van der Waals surface area (Å²) in [7, 11) is 5.64. The molecule has 0 aliphatic carbocycles. The van der Waals surface area contributed by atoms with Crippen LogP contribution in [0.3, 0.4) is 0 Å². The smallest absolute Gasteiger partial charge is 0.0946 e. The van der Waals surface area contributed by atoms with Crippen LogP contribution in [-0.2, 0) is 18.8 Å². The lowest BCUT2D eigenvalue weighted by atomic mass is 10.5. The van der Waals surface area contributed by atoms with Crippen molar-refractivity contribution >= 4 is 0 Å². The van der Waals surface area contributed by atoms with E-state index in [-0.39, 0.29) is 0 Å². The van der Waals surface area contributed by atoms with Gasteiger partial charge in [0.2, 0.25) is 0 Å². The van der Waals surface area contributed by atoms with Crippen LogP contribution in [0.1, 0.15) is 33.4 Å². The summed E-state index contributed by atoms with van der Waals surface area (Å²) in [4.78, 5) is 10.1. The molecule has 0 fully saturated rings. The van der Waals surface area contributed by atoms with Crippen LogP contribution in [0.4, 0.5) is 0 Å². The molecule has 0 aliphatic rings. The maximum Gasteiger partial charge on any atom is 0.0946 e. The van der Waals surface area contributed by atoms with Gasteiger partial charge in [-0.05, 0) is 20.0 Å². The molecular formula is C18H37N5O. The fourth-order valence-corrected chi connectivity index (χ4v) is 1.63. The van der Waals surface area contributed by atoms with E-state index in [2.05, 4.69) is 28.7 Å². The fraction of sp³-hybridized carbons (Fsp3) is 0.667. The maximum absolute atomic E-state index is 4.93. The molecule has 0 aliphatic heterocycles. The first-order valence-corrected chi connectivity index (χ1v) is 8.61. The van der Waals surface area contributed by atoms with Crippen molar-refractivity contribution < 1.29 is 4.74 Å². The summed E-state index contributed by atoms with van der Waals surface area (Å²) >= 11 is 0. The molecule has 24 heavy (non-hydrogen) atoms. The Labute approximate surface area is 148 Å². The van der Waals surface area contributed by atoms with E-state index in [0.29, 0.717) is 0 Å². The molecule has 0 atom stereocenters. The topological polar surface area (TPSA) is 48.1 Å². The molecule has 2 heterocycles. The number of aromatic nitrogens is 4. The summed E-state index contributed by atoms with van der Waals surface area (Å²) in [5.41, 5.74) is 1.07. The average Bonchev–Trinajstić information content (AvgIpc) is 3.22. The third-order valence-electron chi connectivity index (χ3n) is 2.98. The van der Waals surface area contributed by atoms with E-state index >= 15 is 0 Å². The first kappa shape index (κ1) is 24.6. The monoisotopic (exact) mass is 339 g/mol. The molecule has 0 saturated heterocycles. The highest BCUT2D eigenvalue weighted by Crippen LogP contribution is 1.87. The molecule has 0 aromatic carbocycles. The van der Waals surface area contributed by atoms with Gasteiger partial charge in [0.25, 0.3) is 0 Å². The molecule has 0 amide bonds. The molecule has 6 nitrogen and oxygen atoms in total. The Hall–Kier alpha value is -1.66. The Kier molecular flexibility index (Phi) is 18.1. The highest BCUT2D eigenvalue weighted by atomic mass is 16.5. The Balaban J connectivity index is 0. The number of methoxy groups -OCH3 is 1. The number of hydrogen-bond acceptors (Lipinski definition) is 4. The highest BCUT2D eigenvalue weighted by molar-refractivity contribution is 4.90. The third-order valence-corrected chi connectivity index (χ3v) is 2.98. The first-order chi connectivity index (χ1) is 11.5. The zero-order valence-corrected chi connectivity index (χ0v) is 16.9. The van der Waals surface area contributed by atoms with Crippen LogP contribution in [0.15, 0.2) is 31.2 Å². The van der Waals surface area contributed by atoms with Crippen molar-refractivity contribution in [3.8, 4) is 0 Å². The number of aryl methyl sites for hydroxylation is 3. The molecule has 0 unspecified atom stereocenters. The molecule has 6 heteroatoms. The van der Waals surface area contributed by atoms with Gasteiger partial charge in [0, 0.05) is 46.3 Å². The van der Waals surface area contributed by atoms with E-state index in [1.54, 1.807) is 26.0 Å². The molecule has 0 bridgehead atoms. The van der Waals surface area contributed by atoms with Gasteiger partial charge in [-0.25, -0.2) is 9.97 Å². The minimum absolute atomic E-state index is 0.849. The minimum atomic E-state index is 0.849. The average molecular weight is 340 g/mol. The van der Waals surface area contributed by atoms with E-state index in [1.807, 2.05) is 56.4 Å². The molecule has 0 radical (unpaired) electrons. The summed E-state index contributed by atoms with van der Waals surface area (Å²) in [6, 6.07) is 0. The third kappa shape index (κ3) is 15.2. The largest absolute Gasteiger partial charge is 0.383 e. The normalized spacial score (nSPS) is 9.21. The van der Waals surface area contributed by atoms with Crippen molar-refractivity contribution in [2.24, 2.45) is 14.1 Å². The highest BCUT2D eigenvalue weighted by Gasteiger charge is 1.95. The molecule has 2 rings (SSSR count). The predicted octanol–water partition coefficient (Wildman–Crippen LogP) is 3.15. The quantitative estimate of drug-likeness (QED) is 0.839. The van der Waals surface area contributed by atoms with Gasteiger partial charge in [-0.1, -0.05) is 27.7 Å². The molecule has 2 aromatic heterocycles. The Bertz CT molecular complexity index is 433. The van der Waals surface area contributed by atoms with Crippen molar-refractivity contribution in [1.29, 1.82) is 0 Å². The standard InChI is InChI=1S/C7H17NO.C5H8N2.C4H6N2.C2H6/c1-4-8(5-2)6-7-9-3;1-5-3-7(2)4-6-5;1-6-3-2-5-4-6;1-2/h4-7H2,1-3H3;3-4H,1-2H3;2-4H,1H3;1-2H3. The molecule has 140 valence electrons. The van der Waals surface area contributed by atoms with Crippen molar-refractivity contribution in [3.05, 3.63) is 36.9 Å². The van der Waals surface area contributed by atoms with Crippen LogP contribution >= 0.6 is 0 Å². The molecule has 0 N–H and O–H groups in total. The first-order valence-electron chi connectivity index (χ1n) is 8.61. The van der Waals surface area contributed by atoms with Gasteiger partial charge >= 0.3 is 0 Å². The predicted molar refractivity (Wildman–Crippen MR) is 102 cm³/mol. The Morgan fingerprint density at radius 3 is 1.92 bits per heavy atom. The van der Waals surface area contributed by atoms with Crippen LogP contribution in [0.2, 0.25) is 0 Å². The van der Waals surface area contributed by atoms with E-state index in [0.717, 1.165) is 31.9 Å². The fourth-order valence-electron chi connectivity index (χ4n) is 1.63.